The van der Waals surface area contributed by atoms with E-state index in [1.807, 2.05) is 18.2 Å². The molecule has 0 radical (unpaired) electrons. The van der Waals surface area contributed by atoms with Gasteiger partial charge in [-0.25, -0.2) is 4.99 Å². The van der Waals surface area contributed by atoms with Gasteiger partial charge in [-0.3, -0.25) is 4.79 Å². The number of amides is 1. The second kappa shape index (κ2) is 10.5. The van der Waals surface area contributed by atoms with Crippen LogP contribution in [0, 0.1) is 5.92 Å². The molecule has 0 saturated heterocycles. The van der Waals surface area contributed by atoms with Gasteiger partial charge >= 0.3 is 0 Å². The monoisotopic (exact) mass is 314 g/mol. The Labute approximate surface area is 139 Å². The topological polar surface area (TPSA) is 50.7 Å². The molecule has 1 amide bonds. The third-order valence-electron chi connectivity index (χ3n) is 3.50. The van der Waals surface area contributed by atoms with Crippen molar-refractivity contribution in [1.29, 1.82) is 0 Å². The predicted octanol–water partition coefficient (Wildman–Crippen LogP) is 3.97. The smallest absolute Gasteiger partial charge is 0.256 e. The number of carbonyl (C=O) groups excluding carboxylic acids is 1. The summed E-state index contributed by atoms with van der Waals surface area (Å²) in [5.41, 5.74) is 0.595. The van der Waals surface area contributed by atoms with Crippen molar-refractivity contribution in [2.24, 2.45) is 10.9 Å². The summed E-state index contributed by atoms with van der Waals surface area (Å²) in [5.74, 6) is 0.596. The van der Waals surface area contributed by atoms with Crippen molar-refractivity contribution in [2.75, 3.05) is 7.11 Å². The number of carbonyl (C=O) groups is 1. The lowest BCUT2D eigenvalue weighted by atomic mass is 10.00. The number of aliphatic imine (C=N–C) groups is 1. The summed E-state index contributed by atoms with van der Waals surface area (Å²) < 4.78 is 5.56. The Hall–Kier alpha value is -2.20. The number of hydrogen-bond acceptors (Lipinski definition) is 3. The molecule has 2 atom stereocenters. The highest BCUT2D eigenvalue weighted by Gasteiger charge is 2.18. The molecule has 1 N–H and O–H groups in total. The fourth-order valence-electron chi connectivity index (χ4n) is 2.19. The summed E-state index contributed by atoms with van der Waals surface area (Å²) in [6.45, 7) is 7.80. The van der Waals surface area contributed by atoms with E-state index in [4.69, 9.17) is 4.74 Å². The highest BCUT2D eigenvalue weighted by Crippen LogP contribution is 2.14. The SMILES string of the molecule is C=CN=C(C[C@@H](OC)C(C)/C=C\CC)NC(=O)c1ccccc1. The number of ether oxygens (including phenoxy) is 1. The highest BCUT2D eigenvalue weighted by molar-refractivity contribution is 6.06. The Morgan fingerprint density at radius 2 is 2.09 bits per heavy atom. The molecule has 0 aromatic heterocycles. The fourth-order valence-corrected chi connectivity index (χ4v) is 2.19. The number of allylic oxidation sites excluding steroid dienone is 1. The van der Waals surface area contributed by atoms with Crippen LogP contribution in [0.3, 0.4) is 0 Å². The van der Waals surface area contributed by atoms with Gasteiger partial charge in [0, 0.05) is 31.2 Å². The molecule has 1 aromatic carbocycles. The largest absolute Gasteiger partial charge is 0.380 e. The van der Waals surface area contributed by atoms with E-state index in [9.17, 15) is 4.79 Å². The van der Waals surface area contributed by atoms with Crippen molar-refractivity contribution in [3.05, 3.63) is 60.8 Å². The average Bonchev–Trinajstić information content (AvgIpc) is 2.58. The average molecular weight is 314 g/mol. The molecule has 0 fully saturated rings. The molecule has 1 unspecified atom stereocenters. The first-order chi connectivity index (χ1) is 11.1. The van der Waals surface area contributed by atoms with Gasteiger partial charge in [0.15, 0.2) is 0 Å². The molecule has 23 heavy (non-hydrogen) atoms. The van der Waals surface area contributed by atoms with Gasteiger partial charge in [-0.15, -0.1) is 0 Å². The van der Waals surface area contributed by atoms with Crippen LogP contribution >= 0.6 is 0 Å². The fraction of sp³-hybridized carbons (Fsp3) is 0.368. The zero-order chi connectivity index (χ0) is 17.1. The third-order valence-corrected chi connectivity index (χ3v) is 3.50. The van der Waals surface area contributed by atoms with Crippen molar-refractivity contribution >= 4 is 11.7 Å². The van der Waals surface area contributed by atoms with Gasteiger partial charge in [-0.2, -0.15) is 0 Å². The molecular weight excluding hydrogens is 288 g/mol. The van der Waals surface area contributed by atoms with Gasteiger partial charge in [0.1, 0.15) is 5.84 Å². The van der Waals surface area contributed by atoms with E-state index in [2.05, 4.69) is 42.9 Å². The predicted molar refractivity (Wildman–Crippen MR) is 95.5 cm³/mol. The van der Waals surface area contributed by atoms with Crippen LogP contribution in [-0.4, -0.2) is 25.0 Å². The van der Waals surface area contributed by atoms with E-state index in [-0.39, 0.29) is 17.9 Å². The molecule has 0 aliphatic carbocycles. The number of rotatable bonds is 8. The Morgan fingerprint density at radius 1 is 1.39 bits per heavy atom. The highest BCUT2D eigenvalue weighted by atomic mass is 16.5. The Bertz CT molecular complexity index is 550. The van der Waals surface area contributed by atoms with Gasteiger partial charge in [0.25, 0.3) is 5.91 Å². The molecule has 0 bridgehead atoms. The van der Waals surface area contributed by atoms with Gasteiger partial charge in [0.2, 0.25) is 0 Å². The van der Waals surface area contributed by atoms with Crippen LogP contribution in [0.1, 0.15) is 37.0 Å². The summed E-state index contributed by atoms with van der Waals surface area (Å²) in [4.78, 5) is 16.4. The van der Waals surface area contributed by atoms with E-state index in [0.29, 0.717) is 17.8 Å². The minimum Gasteiger partial charge on any atom is -0.380 e. The molecular formula is C19H26N2O2. The van der Waals surface area contributed by atoms with E-state index in [1.165, 1.54) is 6.20 Å². The molecule has 0 spiro atoms. The third kappa shape index (κ3) is 6.61. The molecule has 0 aliphatic rings. The standard InChI is InChI=1S/C19H26N2O2/c1-5-7-11-15(3)17(23-4)14-18(20-6-2)21-19(22)16-12-9-8-10-13-16/h6-13,15,17H,2,5,14H2,1,3-4H3,(H,20,21,22)/b11-7-/t15?,17-/m1/s1. The first-order valence-corrected chi connectivity index (χ1v) is 7.85. The van der Waals surface area contributed by atoms with Gasteiger partial charge in [-0.1, -0.05) is 50.8 Å². The summed E-state index contributed by atoms with van der Waals surface area (Å²) in [6.07, 6.45) is 7.10. The summed E-state index contributed by atoms with van der Waals surface area (Å²) in [5, 5.41) is 2.85. The van der Waals surface area contributed by atoms with Gasteiger partial charge < -0.3 is 10.1 Å². The van der Waals surface area contributed by atoms with Gasteiger partial charge in [-0.05, 0) is 18.6 Å². The van der Waals surface area contributed by atoms with Crippen LogP contribution in [0.25, 0.3) is 0 Å². The van der Waals surface area contributed by atoms with Crippen LogP contribution in [0.4, 0.5) is 0 Å². The number of amidine groups is 1. The van der Waals surface area contributed by atoms with Gasteiger partial charge in [0.05, 0.1) is 6.10 Å². The maximum Gasteiger partial charge on any atom is 0.256 e. The molecule has 0 aliphatic heterocycles. The second-order valence-corrected chi connectivity index (χ2v) is 5.25. The molecule has 0 heterocycles. The van der Waals surface area contributed by atoms with E-state index >= 15 is 0 Å². The van der Waals surface area contributed by atoms with Crippen molar-refractivity contribution in [1.82, 2.24) is 5.32 Å². The molecule has 4 nitrogen and oxygen atoms in total. The lowest BCUT2D eigenvalue weighted by Crippen LogP contribution is -2.35. The second-order valence-electron chi connectivity index (χ2n) is 5.25. The van der Waals surface area contributed by atoms with Crippen molar-refractivity contribution in [3.63, 3.8) is 0 Å². The van der Waals surface area contributed by atoms with E-state index in [0.717, 1.165) is 6.42 Å². The molecule has 4 heteroatoms. The Balaban J connectivity index is 2.78. The lowest BCUT2D eigenvalue weighted by Gasteiger charge is -2.21. The van der Waals surface area contributed by atoms with Crippen LogP contribution in [0.5, 0.6) is 0 Å². The van der Waals surface area contributed by atoms with Crippen molar-refractivity contribution in [3.8, 4) is 0 Å². The van der Waals surface area contributed by atoms with E-state index < -0.39 is 0 Å². The molecule has 124 valence electrons. The Kier molecular flexibility index (Phi) is 8.62. The van der Waals surface area contributed by atoms with Crippen molar-refractivity contribution in [2.45, 2.75) is 32.8 Å². The quantitative estimate of drug-likeness (QED) is 0.448. The van der Waals surface area contributed by atoms with E-state index in [1.54, 1.807) is 19.2 Å². The molecule has 0 saturated carbocycles. The maximum absolute atomic E-state index is 12.3. The number of methoxy groups -OCH3 is 1. The first kappa shape index (κ1) is 18.8. The zero-order valence-corrected chi connectivity index (χ0v) is 14.2. The minimum absolute atomic E-state index is 0.0624. The number of hydrogen-bond donors (Lipinski definition) is 1. The molecule has 1 rings (SSSR count). The number of benzene rings is 1. The van der Waals surface area contributed by atoms with Crippen LogP contribution in [0.2, 0.25) is 0 Å². The Morgan fingerprint density at radius 3 is 2.65 bits per heavy atom. The lowest BCUT2D eigenvalue weighted by molar-refractivity contribution is 0.0790. The minimum atomic E-state index is -0.183. The summed E-state index contributed by atoms with van der Waals surface area (Å²) in [7, 11) is 1.67. The summed E-state index contributed by atoms with van der Waals surface area (Å²) >= 11 is 0. The first-order valence-electron chi connectivity index (χ1n) is 7.85. The summed E-state index contributed by atoms with van der Waals surface area (Å²) in [6, 6.07) is 9.06. The molecule has 1 aromatic rings. The number of nitrogens with one attached hydrogen (secondary N) is 1. The van der Waals surface area contributed by atoms with Crippen LogP contribution in [-0.2, 0) is 4.74 Å². The van der Waals surface area contributed by atoms with Crippen LogP contribution < -0.4 is 5.32 Å². The van der Waals surface area contributed by atoms with Crippen molar-refractivity contribution < 1.29 is 9.53 Å². The normalized spacial score (nSPS) is 14.5. The van der Waals surface area contributed by atoms with Crippen LogP contribution in [0.15, 0.2) is 60.3 Å². The zero-order valence-electron chi connectivity index (χ0n) is 14.2. The maximum atomic E-state index is 12.3. The number of nitrogens with zero attached hydrogens (tertiary/aromatic N) is 1.